The first kappa shape index (κ1) is 17.7. The summed E-state index contributed by atoms with van der Waals surface area (Å²) in [6.07, 6.45) is 1.32. The lowest BCUT2D eigenvalue weighted by Crippen LogP contribution is -2.57. The molecule has 1 atom stereocenters. The highest BCUT2D eigenvalue weighted by Crippen LogP contribution is 2.46. The van der Waals surface area contributed by atoms with Crippen LogP contribution in [-0.4, -0.2) is 61.0 Å². The van der Waals surface area contributed by atoms with E-state index in [1.54, 1.807) is 18.3 Å². The van der Waals surface area contributed by atoms with Crippen molar-refractivity contribution in [2.24, 2.45) is 5.41 Å². The summed E-state index contributed by atoms with van der Waals surface area (Å²) in [5, 5.41) is 0. The van der Waals surface area contributed by atoms with E-state index in [2.05, 4.69) is 4.98 Å². The maximum Gasteiger partial charge on any atom is 0.266 e. The lowest BCUT2D eigenvalue weighted by atomic mass is 9.77. The number of aryl methyl sites for hydroxylation is 1. The van der Waals surface area contributed by atoms with E-state index in [4.69, 9.17) is 4.74 Å². The van der Waals surface area contributed by atoms with Crippen LogP contribution in [0.3, 0.4) is 0 Å². The Morgan fingerprint density at radius 2 is 2.12 bits per heavy atom. The van der Waals surface area contributed by atoms with Crippen LogP contribution in [0.25, 0.3) is 0 Å². The number of nitrogens with zero attached hydrogens (tertiary/aromatic N) is 3. The first-order chi connectivity index (χ1) is 11.8. The maximum atomic E-state index is 14.3. The zero-order chi connectivity index (χ0) is 18.2. The van der Waals surface area contributed by atoms with Crippen LogP contribution in [0.4, 0.5) is 14.5 Å². The lowest BCUT2D eigenvalue weighted by Gasteiger charge is -2.42. The van der Waals surface area contributed by atoms with E-state index in [0.717, 1.165) is 10.6 Å². The van der Waals surface area contributed by atoms with E-state index in [-0.39, 0.29) is 25.5 Å². The van der Waals surface area contributed by atoms with E-state index in [1.165, 1.54) is 12.0 Å². The minimum Gasteiger partial charge on any atom is -0.375 e. The van der Waals surface area contributed by atoms with Gasteiger partial charge in [0.05, 0.1) is 23.8 Å². The lowest BCUT2D eigenvalue weighted by molar-refractivity contribution is -0.161. The Bertz CT molecular complexity index is 680. The highest BCUT2D eigenvalue weighted by Gasteiger charge is 2.57. The number of pyridine rings is 1. The molecule has 0 saturated carbocycles. The average Bonchev–Trinajstić information content (AvgIpc) is 2.83. The summed E-state index contributed by atoms with van der Waals surface area (Å²) in [7, 11) is 1.34. The predicted molar refractivity (Wildman–Crippen MR) is 86.4 cm³/mol. The molecule has 1 spiro atoms. The summed E-state index contributed by atoms with van der Waals surface area (Å²) in [4.78, 5) is 31.7. The Hall–Kier alpha value is -2.09. The van der Waals surface area contributed by atoms with Gasteiger partial charge >= 0.3 is 0 Å². The molecule has 25 heavy (non-hydrogen) atoms. The second kappa shape index (κ2) is 6.33. The van der Waals surface area contributed by atoms with E-state index in [1.807, 2.05) is 6.92 Å². The molecule has 1 aromatic heterocycles. The van der Waals surface area contributed by atoms with Crippen molar-refractivity contribution in [3.63, 3.8) is 0 Å². The fourth-order valence-corrected chi connectivity index (χ4v) is 3.70. The highest BCUT2D eigenvalue weighted by molar-refractivity contribution is 6.00. The first-order valence-corrected chi connectivity index (χ1v) is 8.16. The number of methoxy groups -OCH3 is 1. The Balaban J connectivity index is 1.86. The van der Waals surface area contributed by atoms with Gasteiger partial charge in [-0.25, -0.2) is 8.78 Å². The van der Waals surface area contributed by atoms with Gasteiger partial charge in [0.25, 0.3) is 5.92 Å². The number of carbonyl (C=O) groups is 2. The fraction of sp³-hybridized carbons (Fsp3) is 0.588. The minimum absolute atomic E-state index is 0.000589. The zero-order valence-corrected chi connectivity index (χ0v) is 14.3. The van der Waals surface area contributed by atoms with E-state index in [9.17, 15) is 18.4 Å². The molecule has 2 aliphatic rings. The summed E-state index contributed by atoms with van der Waals surface area (Å²) < 4.78 is 33.3. The molecular weight excluding hydrogens is 332 g/mol. The van der Waals surface area contributed by atoms with Crippen LogP contribution < -0.4 is 4.90 Å². The molecule has 2 saturated heterocycles. The van der Waals surface area contributed by atoms with E-state index >= 15 is 0 Å². The van der Waals surface area contributed by atoms with Crippen LogP contribution in [-0.2, 0) is 14.3 Å². The van der Waals surface area contributed by atoms with Crippen LogP contribution in [0.5, 0.6) is 0 Å². The van der Waals surface area contributed by atoms with Crippen LogP contribution >= 0.6 is 0 Å². The summed E-state index contributed by atoms with van der Waals surface area (Å²) in [6, 6.07) is 3.53. The second-order valence-electron chi connectivity index (χ2n) is 6.86. The number of carbonyl (C=O) groups excluding carboxylic acids is 2. The summed E-state index contributed by atoms with van der Waals surface area (Å²) in [5.74, 6) is -3.99. The molecule has 2 amide bonds. The van der Waals surface area contributed by atoms with Crippen molar-refractivity contribution < 1.29 is 23.1 Å². The van der Waals surface area contributed by atoms with Gasteiger partial charge in [-0.15, -0.1) is 0 Å². The molecule has 0 N–H and O–H groups in total. The SMILES string of the molecule is COCC(=O)N1CC(F)(F)C[C@@]2(CCN(c3ccc(C)nc3)C2=O)C1. The number of alkyl halides is 2. The predicted octanol–water partition coefficient (Wildman–Crippen LogP) is 1.63. The first-order valence-electron chi connectivity index (χ1n) is 8.16. The van der Waals surface area contributed by atoms with Crippen LogP contribution in [0.1, 0.15) is 18.5 Å². The highest BCUT2D eigenvalue weighted by atomic mass is 19.3. The molecule has 0 bridgehead atoms. The Kier molecular flexibility index (Phi) is 4.49. The minimum atomic E-state index is -3.10. The molecule has 0 unspecified atom stereocenters. The molecule has 3 rings (SSSR count). The van der Waals surface area contributed by atoms with Crippen molar-refractivity contribution >= 4 is 17.5 Å². The number of aromatic nitrogens is 1. The largest absolute Gasteiger partial charge is 0.375 e. The molecule has 0 aliphatic carbocycles. The van der Waals surface area contributed by atoms with E-state index in [0.29, 0.717) is 12.2 Å². The molecule has 136 valence electrons. The Morgan fingerprint density at radius 3 is 2.76 bits per heavy atom. The third-order valence-corrected chi connectivity index (χ3v) is 4.85. The second-order valence-corrected chi connectivity index (χ2v) is 6.86. The van der Waals surface area contributed by atoms with Gasteiger partial charge in [0, 0.05) is 32.3 Å². The molecule has 0 aromatic carbocycles. The van der Waals surface area contributed by atoms with Crippen LogP contribution in [0.15, 0.2) is 18.3 Å². The molecule has 2 aliphatic heterocycles. The zero-order valence-electron chi connectivity index (χ0n) is 14.3. The average molecular weight is 353 g/mol. The fourth-order valence-electron chi connectivity index (χ4n) is 3.70. The normalized spacial score (nSPS) is 25.7. The van der Waals surface area contributed by atoms with Crippen molar-refractivity contribution in [2.45, 2.75) is 25.7 Å². The van der Waals surface area contributed by atoms with Crippen LogP contribution in [0.2, 0.25) is 0 Å². The van der Waals surface area contributed by atoms with Crippen molar-refractivity contribution in [1.29, 1.82) is 0 Å². The quantitative estimate of drug-likeness (QED) is 0.829. The van der Waals surface area contributed by atoms with E-state index < -0.39 is 30.2 Å². The Morgan fingerprint density at radius 1 is 1.36 bits per heavy atom. The van der Waals surface area contributed by atoms with Gasteiger partial charge in [0.1, 0.15) is 6.61 Å². The molecule has 1 aromatic rings. The number of amides is 2. The van der Waals surface area contributed by atoms with Crippen molar-refractivity contribution in [2.75, 3.05) is 38.3 Å². The van der Waals surface area contributed by atoms with Crippen molar-refractivity contribution in [3.8, 4) is 0 Å². The number of likely N-dealkylation sites (tertiary alicyclic amines) is 1. The van der Waals surface area contributed by atoms with Gasteiger partial charge in [-0.3, -0.25) is 14.6 Å². The maximum absolute atomic E-state index is 14.3. The summed E-state index contributed by atoms with van der Waals surface area (Å²) in [6.45, 7) is 1.23. The molecule has 0 radical (unpaired) electrons. The molecule has 2 fully saturated rings. The number of rotatable bonds is 3. The number of piperidine rings is 1. The number of hydrogen-bond acceptors (Lipinski definition) is 4. The van der Waals surface area contributed by atoms with Crippen LogP contribution in [0, 0.1) is 12.3 Å². The molecule has 6 nitrogen and oxygen atoms in total. The molecule has 3 heterocycles. The summed E-state index contributed by atoms with van der Waals surface area (Å²) in [5.41, 5.74) is 0.150. The number of anilines is 1. The summed E-state index contributed by atoms with van der Waals surface area (Å²) >= 11 is 0. The third kappa shape index (κ3) is 3.35. The van der Waals surface area contributed by atoms with Crippen molar-refractivity contribution in [1.82, 2.24) is 9.88 Å². The van der Waals surface area contributed by atoms with Gasteiger partial charge in [0.15, 0.2) is 0 Å². The smallest absolute Gasteiger partial charge is 0.266 e. The standard InChI is InChI=1S/C17H21F2N3O3/c1-12-3-4-13(7-20-12)22-6-5-16(15(22)24)9-17(18,19)11-21(10-16)14(23)8-25-2/h3-4,7H,5-6,8-11H2,1-2H3/t16-/m0/s1. The van der Waals surface area contributed by atoms with Crippen molar-refractivity contribution in [3.05, 3.63) is 24.0 Å². The van der Waals surface area contributed by atoms with Gasteiger partial charge in [-0.1, -0.05) is 0 Å². The van der Waals surface area contributed by atoms with Gasteiger partial charge < -0.3 is 14.5 Å². The van der Waals surface area contributed by atoms with Gasteiger partial charge in [-0.2, -0.15) is 0 Å². The number of halogens is 2. The number of hydrogen-bond donors (Lipinski definition) is 0. The number of ether oxygens (including phenoxy) is 1. The topological polar surface area (TPSA) is 62.7 Å². The Labute approximate surface area is 144 Å². The van der Waals surface area contributed by atoms with Gasteiger partial charge in [-0.05, 0) is 25.5 Å². The molecule has 8 heteroatoms. The molecular formula is C17H21F2N3O3. The third-order valence-electron chi connectivity index (χ3n) is 4.85. The van der Waals surface area contributed by atoms with Gasteiger partial charge in [0.2, 0.25) is 11.8 Å². The monoisotopic (exact) mass is 353 g/mol.